The van der Waals surface area contributed by atoms with Gasteiger partial charge in [-0.2, -0.15) is 0 Å². The van der Waals surface area contributed by atoms with Crippen molar-refractivity contribution in [3.05, 3.63) is 18.0 Å². The Balaban J connectivity index is 1.91. The molecule has 0 aromatic carbocycles. The standard InChI is InChI=1S/C14H23N3S/c1-4-8-15-12-5-6-13(11(12)3)18-14-16-9-7-10(2)17-14/h7,9,11-13,15H,4-6,8H2,1-3H3. The van der Waals surface area contributed by atoms with Crippen molar-refractivity contribution in [3.8, 4) is 0 Å². The fourth-order valence-corrected chi connectivity index (χ4v) is 3.78. The maximum atomic E-state index is 4.49. The maximum Gasteiger partial charge on any atom is 0.188 e. The molecule has 1 aromatic heterocycles. The summed E-state index contributed by atoms with van der Waals surface area (Å²) in [6.45, 7) is 7.73. The van der Waals surface area contributed by atoms with Gasteiger partial charge in [0.2, 0.25) is 0 Å². The first-order chi connectivity index (χ1) is 8.70. The van der Waals surface area contributed by atoms with Crippen molar-refractivity contribution in [2.45, 2.75) is 56.5 Å². The predicted molar refractivity (Wildman–Crippen MR) is 76.9 cm³/mol. The molecule has 1 saturated carbocycles. The Morgan fingerprint density at radius 1 is 1.44 bits per heavy atom. The van der Waals surface area contributed by atoms with Gasteiger partial charge in [-0.3, -0.25) is 0 Å². The van der Waals surface area contributed by atoms with Gasteiger partial charge in [0, 0.05) is 23.2 Å². The Labute approximate surface area is 114 Å². The molecule has 1 aromatic rings. The van der Waals surface area contributed by atoms with Gasteiger partial charge in [-0.15, -0.1) is 0 Å². The zero-order valence-corrected chi connectivity index (χ0v) is 12.3. The van der Waals surface area contributed by atoms with E-state index < -0.39 is 0 Å². The fraction of sp³-hybridized carbons (Fsp3) is 0.714. The SMILES string of the molecule is CCCNC1CCC(Sc2nccc(C)n2)C1C. The molecule has 1 aliphatic rings. The highest BCUT2D eigenvalue weighted by Gasteiger charge is 2.33. The Kier molecular flexibility index (Phi) is 5.01. The van der Waals surface area contributed by atoms with Crippen molar-refractivity contribution in [1.82, 2.24) is 15.3 Å². The smallest absolute Gasteiger partial charge is 0.188 e. The summed E-state index contributed by atoms with van der Waals surface area (Å²) < 4.78 is 0. The second kappa shape index (κ2) is 6.53. The number of hydrogen-bond acceptors (Lipinski definition) is 4. The van der Waals surface area contributed by atoms with Crippen LogP contribution in [0.25, 0.3) is 0 Å². The monoisotopic (exact) mass is 265 g/mol. The zero-order chi connectivity index (χ0) is 13.0. The number of aryl methyl sites for hydroxylation is 1. The van der Waals surface area contributed by atoms with Crippen molar-refractivity contribution in [3.63, 3.8) is 0 Å². The number of thioether (sulfide) groups is 1. The first-order valence-corrected chi connectivity index (χ1v) is 7.78. The Morgan fingerprint density at radius 2 is 2.28 bits per heavy atom. The number of aromatic nitrogens is 2. The largest absolute Gasteiger partial charge is 0.314 e. The summed E-state index contributed by atoms with van der Waals surface area (Å²) in [5, 5.41) is 5.24. The van der Waals surface area contributed by atoms with Gasteiger partial charge in [0.15, 0.2) is 5.16 Å². The van der Waals surface area contributed by atoms with Crippen LogP contribution in [0.1, 0.15) is 38.8 Å². The minimum atomic E-state index is 0.654. The minimum absolute atomic E-state index is 0.654. The second-order valence-corrected chi connectivity index (χ2v) is 6.34. The van der Waals surface area contributed by atoms with Gasteiger partial charge in [-0.25, -0.2) is 9.97 Å². The van der Waals surface area contributed by atoms with Gasteiger partial charge in [0.25, 0.3) is 0 Å². The topological polar surface area (TPSA) is 37.8 Å². The molecule has 0 aliphatic heterocycles. The van der Waals surface area contributed by atoms with E-state index in [0.29, 0.717) is 17.2 Å². The van der Waals surface area contributed by atoms with Gasteiger partial charge in [-0.05, 0) is 44.7 Å². The Hall–Kier alpha value is -0.610. The molecule has 0 amide bonds. The number of hydrogen-bond donors (Lipinski definition) is 1. The molecule has 0 spiro atoms. The van der Waals surface area contributed by atoms with Crippen LogP contribution in [-0.2, 0) is 0 Å². The lowest BCUT2D eigenvalue weighted by atomic mass is 10.1. The van der Waals surface area contributed by atoms with E-state index in [-0.39, 0.29) is 0 Å². The normalized spacial score (nSPS) is 27.6. The van der Waals surface area contributed by atoms with Gasteiger partial charge in [0.1, 0.15) is 0 Å². The van der Waals surface area contributed by atoms with Crippen LogP contribution in [0.3, 0.4) is 0 Å². The van der Waals surface area contributed by atoms with Gasteiger partial charge < -0.3 is 5.32 Å². The molecule has 18 heavy (non-hydrogen) atoms. The molecule has 4 heteroatoms. The zero-order valence-electron chi connectivity index (χ0n) is 11.5. The summed E-state index contributed by atoms with van der Waals surface area (Å²) in [6.07, 6.45) is 5.62. The molecule has 100 valence electrons. The molecular formula is C14H23N3S. The molecule has 0 saturated heterocycles. The fourth-order valence-electron chi connectivity index (χ4n) is 2.53. The van der Waals surface area contributed by atoms with Crippen LogP contribution in [0.2, 0.25) is 0 Å². The van der Waals surface area contributed by atoms with Crippen molar-refractivity contribution in [2.75, 3.05) is 6.54 Å². The third-order valence-corrected chi connectivity index (χ3v) is 5.04. The molecule has 3 nitrogen and oxygen atoms in total. The van der Waals surface area contributed by atoms with Crippen LogP contribution in [-0.4, -0.2) is 27.8 Å². The van der Waals surface area contributed by atoms with E-state index in [2.05, 4.69) is 29.1 Å². The van der Waals surface area contributed by atoms with E-state index in [1.165, 1.54) is 19.3 Å². The summed E-state index contributed by atoms with van der Waals surface area (Å²) >= 11 is 1.85. The summed E-state index contributed by atoms with van der Waals surface area (Å²) in [4.78, 5) is 8.85. The minimum Gasteiger partial charge on any atom is -0.314 e. The number of nitrogens with one attached hydrogen (secondary N) is 1. The average Bonchev–Trinajstić information content (AvgIpc) is 2.69. The third kappa shape index (κ3) is 3.45. The highest BCUT2D eigenvalue weighted by Crippen LogP contribution is 2.37. The molecule has 1 aliphatic carbocycles. The molecule has 3 unspecified atom stereocenters. The molecule has 1 heterocycles. The van der Waals surface area contributed by atoms with E-state index in [4.69, 9.17) is 0 Å². The molecule has 2 rings (SSSR count). The Bertz CT molecular complexity index is 383. The first kappa shape index (κ1) is 13.8. The second-order valence-electron chi connectivity index (χ2n) is 5.13. The summed E-state index contributed by atoms with van der Waals surface area (Å²) in [5.74, 6) is 0.700. The van der Waals surface area contributed by atoms with E-state index in [9.17, 15) is 0 Å². The number of rotatable bonds is 5. The first-order valence-electron chi connectivity index (χ1n) is 6.90. The van der Waals surface area contributed by atoms with E-state index in [0.717, 1.165) is 17.4 Å². The van der Waals surface area contributed by atoms with Gasteiger partial charge in [-0.1, -0.05) is 25.6 Å². The van der Waals surface area contributed by atoms with Crippen molar-refractivity contribution >= 4 is 11.8 Å². The molecule has 0 bridgehead atoms. The van der Waals surface area contributed by atoms with Crippen molar-refractivity contribution in [2.24, 2.45) is 5.92 Å². The van der Waals surface area contributed by atoms with Crippen LogP contribution in [0.4, 0.5) is 0 Å². The highest BCUT2D eigenvalue weighted by atomic mass is 32.2. The van der Waals surface area contributed by atoms with Gasteiger partial charge in [0.05, 0.1) is 0 Å². The van der Waals surface area contributed by atoms with Crippen LogP contribution < -0.4 is 5.32 Å². The van der Waals surface area contributed by atoms with Crippen LogP contribution in [0.15, 0.2) is 17.4 Å². The molecule has 0 radical (unpaired) electrons. The molecular weight excluding hydrogens is 242 g/mol. The van der Waals surface area contributed by atoms with Gasteiger partial charge >= 0.3 is 0 Å². The van der Waals surface area contributed by atoms with E-state index in [1.54, 1.807) is 0 Å². The number of nitrogens with zero attached hydrogens (tertiary/aromatic N) is 2. The Morgan fingerprint density at radius 3 is 3.00 bits per heavy atom. The lowest BCUT2D eigenvalue weighted by Gasteiger charge is -2.20. The maximum absolute atomic E-state index is 4.49. The summed E-state index contributed by atoms with van der Waals surface area (Å²) in [5.41, 5.74) is 1.05. The highest BCUT2D eigenvalue weighted by molar-refractivity contribution is 7.99. The predicted octanol–water partition coefficient (Wildman–Crippen LogP) is 3.04. The van der Waals surface area contributed by atoms with Crippen LogP contribution in [0, 0.1) is 12.8 Å². The quantitative estimate of drug-likeness (QED) is 0.830. The van der Waals surface area contributed by atoms with E-state index >= 15 is 0 Å². The summed E-state index contributed by atoms with van der Waals surface area (Å²) in [7, 11) is 0. The lowest BCUT2D eigenvalue weighted by molar-refractivity contribution is 0.431. The molecule has 1 N–H and O–H groups in total. The molecule has 3 atom stereocenters. The summed E-state index contributed by atoms with van der Waals surface area (Å²) in [6, 6.07) is 2.63. The van der Waals surface area contributed by atoms with Crippen LogP contribution in [0.5, 0.6) is 0 Å². The van der Waals surface area contributed by atoms with Crippen molar-refractivity contribution in [1.29, 1.82) is 0 Å². The molecule has 1 fully saturated rings. The third-order valence-electron chi connectivity index (χ3n) is 3.67. The lowest BCUT2D eigenvalue weighted by Crippen LogP contribution is -2.33. The van der Waals surface area contributed by atoms with Crippen LogP contribution >= 0.6 is 11.8 Å². The van der Waals surface area contributed by atoms with E-state index in [1.807, 2.05) is 30.9 Å². The van der Waals surface area contributed by atoms with Crippen molar-refractivity contribution < 1.29 is 0 Å². The average molecular weight is 265 g/mol.